The number of hydrogen-bond donors (Lipinski definition) is 1. The maximum atomic E-state index is 6.51. The Bertz CT molecular complexity index is 996. The molecule has 1 aliphatic rings. The van der Waals surface area contributed by atoms with E-state index in [2.05, 4.69) is 28.3 Å². The van der Waals surface area contributed by atoms with Crippen molar-refractivity contribution >= 4 is 41.2 Å². The first kappa shape index (κ1) is 19.5. The first-order valence-electron chi connectivity index (χ1n) is 9.62. The standard InChI is InChI=1S/C20H25ClN6S/c1-4-16(28)27-18(14-7-5-6-8-15(14)21)24-17-19(22-13(2)23-20(17)27)26-11-9-25(3)10-12-26/h5-8,16,28H,4,9-12H2,1-3H3. The molecule has 0 spiro atoms. The maximum absolute atomic E-state index is 6.51. The van der Waals surface area contributed by atoms with E-state index in [0.29, 0.717) is 5.02 Å². The number of piperazine rings is 1. The van der Waals surface area contributed by atoms with Gasteiger partial charge < -0.3 is 9.80 Å². The highest BCUT2D eigenvalue weighted by molar-refractivity contribution is 7.80. The lowest BCUT2D eigenvalue weighted by Crippen LogP contribution is -2.45. The van der Waals surface area contributed by atoms with Crippen molar-refractivity contribution in [1.82, 2.24) is 24.4 Å². The highest BCUT2D eigenvalue weighted by Crippen LogP contribution is 2.36. The van der Waals surface area contributed by atoms with Gasteiger partial charge in [-0.15, -0.1) is 0 Å². The van der Waals surface area contributed by atoms with Gasteiger partial charge in [-0.2, -0.15) is 12.6 Å². The van der Waals surface area contributed by atoms with Crippen molar-refractivity contribution in [1.29, 1.82) is 0 Å². The average Bonchev–Trinajstić information content (AvgIpc) is 3.06. The van der Waals surface area contributed by atoms with Crippen LogP contribution in [0, 0.1) is 6.92 Å². The number of halogens is 1. The molecule has 3 aromatic rings. The molecule has 0 saturated carbocycles. The zero-order valence-corrected chi connectivity index (χ0v) is 18.1. The third-order valence-corrected chi connectivity index (χ3v) is 6.14. The summed E-state index contributed by atoms with van der Waals surface area (Å²) >= 11 is 11.3. The van der Waals surface area contributed by atoms with Gasteiger partial charge in [-0.05, 0) is 32.5 Å². The van der Waals surface area contributed by atoms with Crippen LogP contribution in [0.15, 0.2) is 24.3 Å². The Kier molecular flexibility index (Phi) is 5.49. The molecule has 1 unspecified atom stereocenters. The summed E-state index contributed by atoms with van der Waals surface area (Å²) in [6, 6.07) is 7.78. The fourth-order valence-corrected chi connectivity index (χ4v) is 4.04. The summed E-state index contributed by atoms with van der Waals surface area (Å²) in [4.78, 5) is 19.2. The molecule has 2 aromatic heterocycles. The molecule has 1 saturated heterocycles. The molecule has 1 fully saturated rings. The fourth-order valence-electron chi connectivity index (χ4n) is 3.60. The van der Waals surface area contributed by atoms with Crippen LogP contribution in [0.4, 0.5) is 5.82 Å². The van der Waals surface area contributed by atoms with Gasteiger partial charge in [0.25, 0.3) is 0 Å². The molecule has 0 amide bonds. The van der Waals surface area contributed by atoms with Crippen molar-refractivity contribution < 1.29 is 0 Å². The van der Waals surface area contributed by atoms with Crippen molar-refractivity contribution in [2.24, 2.45) is 0 Å². The topological polar surface area (TPSA) is 50.1 Å². The first-order valence-corrected chi connectivity index (χ1v) is 10.5. The summed E-state index contributed by atoms with van der Waals surface area (Å²) in [7, 11) is 2.15. The van der Waals surface area contributed by atoms with Crippen LogP contribution in [-0.2, 0) is 0 Å². The Morgan fingerprint density at radius 3 is 2.50 bits per heavy atom. The lowest BCUT2D eigenvalue weighted by Gasteiger charge is -2.33. The van der Waals surface area contributed by atoms with Crippen LogP contribution in [0.3, 0.4) is 0 Å². The maximum Gasteiger partial charge on any atom is 0.167 e. The van der Waals surface area contributed by atoms with Crippen molar-refractivity contribution in [3.05, 3.63) is 35.1 Å². The van der Waals surface area contributed by atoms with Crippen molar-refractivity contribution in [3.63, 3.8) is 0 Å². The number of nitrogens with zero attached hydrogens (tertiary/aromatic N) is 6. The quantitative estimate of drug-likeness (QED) is 0.650. The smallest absolute Gasteiger partial charge is 0.167 e. The SMILES string of the molecule is CCC(S)n1c(-c2ccccc2Cl)nc2c(N3CCN(C)CC3)nc(C)nc21. The molecule has 28 heavy (non-hydrogen) atoms. The van der Waals surface area contributed by atoms with Gasteiger partial charge in [0, 0.05) is 31.7 Å². The molecule has 6 nitrogen and oxygen atoms in total. The average molecular weight is 417 g/mol. The van der Waals surface area contributed by atoms with Gasteiger partial charge in [-0.25, -0.2) is 15.0 Å². The number of thiol groups is 1. The van der Waals surface area contributed by atoms with Gasteiger partial charge in [0.15, 0.2) is 17.0 Å². The van der Waals surface area contributed by atoms with Crippen LogP contribution in [-0.4, -0.2) is 57.6 Å². The molecule has 1 atom stereocenters. The third-order valence-electron chi connectivity index (χ3n) is 5.21. The Labute approximate surface area is 176 Å². The Morgan fingerprint density at radius 2 is 1.82 bits per heavy atom. The fraction of sp³-hybridized carbons (Fsp3) is 0.450. The van der Waals surface area contributed by atoms with Crippen molar-refractivity contribution in [2.75, 3.05) is 38.1 Å². The van der Waals surface area contributed by atoms with Crippen LogP contribution in [0.25, 0.3) is 22.6 Å². The summed E-state index contributed by atoms with van der Waals surface area (Å²) in [6.07, 6.45) is 0.846. The summed E-state index contributed by atoms with van der Waals surface area (Å²) in [6.45, 7) is 7.91. The van der Waals surface area contributed by atoms with Crippen LogP contribution in [0.5, 0.6) is 0 Å². The van der Waals surface area contributed by atoms with Gasteiger partial charge >= 0.3 is 0 Å². The third kappa shape index (κ3) is 3.47. The van der Waals surface area contributed by atoms with Gasteiger partial charge in [0.1, 0.15) is 11.6 Å². The van der Waals surface area contributed by atoms with Crippen LogP contribution in [0.2, 0.25) is 5.02 Å². The van der Waals surface area contributed by atoms with E-state index in [-0.39, 0.29) is 5.37 Å². The highest BCUT2D eigenvalue weighted by Gasteiger charge is 2.26. The molecule has 8 heteroatoms. The summed E-state index contributed by atoms with van der Waals surface area (Å²) in [5, 5.41) is 0.618. The Morgan fingerprint density at radius 1 is 1.11 bits per heavy atom. The number of likely N-dealkylation sites (N-methyl/N-ethyl adjacent to an activating group) is 1. The number of fused-ring (bicyclic) bond motifs is 1. The second-order valence-electron chi connectivity index (χ2n) is 7.23. The van der Waals surface area contributed by atoms with E-state index < -0.39 is 0 Å². The Hall–Kier alpha value is -1.83. The summed E-state index contributed by atoms with van der Waals surface area (Å²) in [5.74, 6) is 2.43. The van der Waals surface area contributed by atoms with Crippen molar-refractivity contribution in [2.45, 2.75) is 25.6 Å². The zero-order valence-electron chi connectivity index (χ0n) is 16.4. The predicted octanol–water partition coefficient (Wildman–Crippen LogP) is 4.05. The molecule has 3 heterocycles. The molecule has 4 rings (SSSR count). The normalized spacial score (nSPS) is 16.7. The van der Waals surface area contributed by atoms with Gasteiger partial charge in [0.05, 0.1) is 10.4 Å². The number of aromatic nitrogens is 4. The molecule has 0 N–H and O–H groups in total. The van der Waals surface area contributed by atoms with Crippen LogP contribution in [0.1, 0.15) is 24.5 Å². The molecular weight excluding hydrogens is 392 g/mol. The monoisotopic (exact) mass is 416 g/mol. The number of benzene rings is 1. The summed E-state index contributed by atoms with van der Waals surface area (Å²) in [5.41, 5.74) is 2.52. The number of aryl methyl sites for hydroxylation is 1. The molecule has 1 aromatic carbocycles. The lowest BCUT2D eigenvalue weighted by atomic mass is 10.2. The van der Waals surface area contributed by atoms with Gasteiger partial charge in [0.2, 0.25) is 0 Å². The minimum Gasteiger partial charge on any atom is -0.352 e. The number of anilines is 1. The van der Waals surface area contributed by atoms with E-state index in [1.165, 1.54) is 0 Å². The number of hydrogen-bond acceptors (Lipinski definition) is 6. The molecule has 0 radical (unpaired) electrons. The van der Waals surface area contributed by atoms with E-state index >= 15 is 0 Å². The molecule has 0 aliphatic carbocycles. The van der Waals surface area contributed by atoms with Gasteiger partial charge in [-0.1, -0.05) is 30.7 Å². The number of rotatable bonds is 4. The minimum atomic E-state index is -0.0501. The predicted molar refractivity (Wildman–Crippen MR) is 119 cm³/mol. The van der Waals surface area contributed by atoms with E-state index in [1.54, 1.807) is 0 Å². The van der Waals surface area contributed by atoms with E-state index in [4.69, 9.17) is 39.2 Å². The molecular formula is C20H25ClN6S. The second kappa shape index (κ2) is 7.89. The second-order valence-corrected chi connectivity index (χ2v) is 8.23. The van der Waals surface area contributed by atoms with Crippen LogP contribution >= 0.6 is 24.2 Å². The highest BCUT2D eigenvalue weighted by atomic mass is 35.5. The minimum absolute atomic E-state index is 0.0501. The van der Waals surface area contributed by atoms with Crippen molar-refractivity contribution in [3.8, 4) is 11.4 Å². The lowest BCUT2D eigenvalue weighted by molar-refractivity contribution is 0.312. The van der Waals surface area contributed by atoms with E-state index in [9.17, 15) is 0 Å². The molecule has 1 aliphatic heterocycles. The number of imidazole rings is 1. The zero-order chi connectivity index (χ0) is 19.8. The van der Waals surface area contributed by atoms with Gasteiger partial charge in [-0.3, -0.25) is 4.57 Å². The molecule has 148 valence electrons. The van der Waals surface area contributed by atoms with Crippen LogP contribution < -0.4 is 4.90 Å². The van der Waals surface area contributed by atoms with E-state index in [1.807, 2.05) is 31.2 Å². The Balaban J connectivity index is 1.95. The largest absolute Gasteiger partial charge is 0.352 e. The summed E-state index contributed by atoms with van der Waals surface area (Å²) < 4.78 is 2.09. The molecule has 0 bridgehead atoms. The van der Waals surface area contributed by atoms with E-state index in [0.717, 1.165) is 66.8 Å². The first-order chi connectivity index (χ1) is 13.5.